The summed E-state index contributed by atoms with van der Waals surface area (Å²) in [5.41, 5.74) is 0.721. The lowest BCUT2D eigenvalue weighted by Crippen LogP contribution is -1.99. The summed E-state index contributed by atoms with van der Waals surface area (Å²) >= 11 is 9.24. The summed E-state index contributed by atoms with van der Waals surface area (Å²) in [6.45, 7) is 0.222. The molecule has 4 nitrogen and oxygen atoms in total. The van der Waals surface area contributed by atoms with Crippen molar-refractivity contribution in [2.45, 2.75) is 11.5 Å². The second-order valence-electron chi connectivity index (χ2n) is 3.79. The van der Waals surface area contributed by atoms with Crippen LogP contribution in [0.25, 0.3) is 0 Å². The van der Waals surface area contributed by atoms with Crippen LogP contribution in [0.2, 0.25) is 5.02 Å². The quantitative estimate of drug-likeness (QED) is 0.732. The zero-order valence-corrected chi connectivity index (χ0v) is 13.8. The van der Waals surface area contributed by atoms with Gasteiger partial charge in [0.15, 0.2) is 0 Å². The van der Waals surface area contributed by atoms with Crippen molar-refractivity contribution in [3.05, 3.63) is 51.7 Å². The molecule has 0 spiro atoms. The molecular formula is C12H8BrCl2NO3S. The van der Waals surface area contributed by atoms with Crippen LogP contribution in [0.15, 0.2) is 45.9 Å². The average Bonchev–Trinajstić information content (AvgIpc) is 2.38. The van der Waals surface area contributed by atoms with E-state index in [4.69, 9.17) is 27.0 Å². The minimum absolute atomic E-state index is 0.0710. The van der Waals surface area contributed by atoms with E-state index in [0.717, 1.165) is 10.2 Å². The number of rotatable bonds is 4. The van der Waals surface area contributed by atoms with Gasteiger partial charge in [-0.2, -0.15) is 0 Å². The highest BCUT2D eigenvalue weighted by Gasteiger charge is 2.13. The first kappa shape index (κ1) is 15.6. The Morgan fingerprint density at radius 2 is 2.00 bits per heavy atom. The van der Waals surface area contributed by atoms with Gasteiger partial charge in [0.05, 0.1) is 15.6 Å². The number of halogens is 3. The lowest BCUT2D eigenvalue weighted by Gasteiger charge is -2.08. The molecule has 0 aliphatic heterocycles. The number of pyridine rings is 1. The Bertz CT molecular complexity index is 720. The molecule has 1 heterocycles. The SMILES string of the molecule is O=S(=O)(Cl)c1ccc(OCc2ccc(Br)cn2)c(Cl)c1. The second kappa shape index (κ2) is 6.30. The lowest BCUT2D eigenvalue weighted by molar-refractivity contribution is 0.301. The van der Waals surface area contributed by atoms with Crippen LogP contribution in [0, 0.1) is 0 Å². The normalized spacial score (nSPS) is 11.3. The number of benzene rings is 1. The van der Waals surface area contributed by atoms with Gasteiger partial charge in [0.1, 0.15) is 12.4 Å². The van der Waals surface area contributed by atoms with Gasteiger partial charge in [0, 0.05) is 21.4 Å². The maximum Gasteiger partial charge on any atom is 0.261 e. The Hall–Kier alpha value is -0.820. The summed E-state index contributed by atoms with van der Waals surface area (Å²) in [5, 5.41) is 0.170. The third-order valence-electron chi connectivity index (χ3n) is 2.35. The molecule has 20 heavy (non-hydrogen) atoms. The van der Waals surface area contributed by atoms with Gasteiger partial charge in [-0.15, -0.1) is 0 Å². The fraction of sp³-hybridized carbons (Fsp3) is 0.0833. The molecule has 2 rings (SSSR count). The van der Waals surface area contributed by atoms with Gasteiger partial charge in [0.2, 0.25) is 0 Å². The van der Waals surface area contributed by atoms with Crippen molar-refractivity contribution < 1.29 is 13.2 Å². The molecule has 0 unspecified atom stereocenters. The van der Waals surface area contributed by atoms with Gasteiger partial charge in [-0.3, -0.25) is 4.98 Å². The van der Waals surface area contributed by atoms with Gasteiger partial charge >= 0.3 is 0 Å². The fourth-order valence-corrected chi connectivity index (χ4v) is 2.71. The van der Waals surface area contributed by atoms with Gasteiger partial charge in [-0.05, 0) is 46.3 Å². The topological polar surface area (TPSA) is 56.3 Å². The van der Waals surface area contributed by atoms with E-state index in [9.17, 15) is 8.42 Å². The first-order chi connectivity index (χ1) is 9.36. The molecule has 0 amide bonds. The Labute approximate surface area is 134 Å². The third-order valence-corrected chi connectivity index (χ3v) is 4.47. The summed E-state index contributed by atoms with van der Waals surface area (Å²) < 4.78 is 28.7. The highest BCUT2D eigenvalue weighted by Crippen LogP contribution is 2.29. The summed E-state index contributed by atoms with van der Waals surface area (Å²) in [6.07, 6.45) is 1.66. The Morgan fingerprint density at radius 1 is 1.25 bits per heavy atom. The molecule has 2 aromatic rings. The van der Waals surface area contributed by atoms with Crippen molar-refractivity contribution in [1.29, 1.82) is 0 Å². The zero-order valence-electron chi connectivity index (χ0n) is 9.89. The van der Waals surface area contributed by atoms with Gasteiger partial charge in [0.25, 0.3) is 9.05 Å². The van der Waals surface area contributed by atoms with Crippen LogP contribution >= 0.6 is 38.2 Å². The standard InChI is InChI=1S/C12H8BrCl2NO3S/c13-8-1-2-9(16-6-8)7-19-12-4-3-10(5-11(12)14)20(15,17)18/h1-6H,7H2. The fourth-order valence-electron chi connectivity index (χ4n) is 1.39. The van der Waals surface area contributed by atoms with E-state index >= 15 is 0 Å². The monoisotopic (exact) mass is 395 g/mol. The molecule has 0 aliphatic carbocycles. The van der Waals surface area contributed by atoms with Crippen LogP contribution in [0.1, 0.15) is 5.69 Å². The number of hydrogen-bond donors (Lipinski definition) is 0. The predicted octanol–water partition coefficient (Wildman–Crippen LogP) is 4.00. The molecular weight excluding hydrogens is 389 g/mol. The molecule has 0 saturated heterocycles. The first-order valence-electron chi connectivity index (χ1n) is 5.34. The lowest BCUT2D eigenvalue weighted by atomic mass is 10.3. The maximum absolute atomic E-state index is 11.2. The predicted molar refractivity (Wildman–Crippen MR) is 80.8 cm³/mol. The summed E-state index contributed by atoms with van der Waals surface area (Å²) in [4.78, 5) is 4.08. The second-order valence-corrected chi connectivity index (χ2v) is 7.68. The Kier molecular flexibility index (Phi) is 4.90. The summed E-state index contributed by atoms with van der Waals surface area (Å²) in [7, 11) is 1.43. The van der Waals surface area contributed by atoms with Crippen molar-refractivity contribution in [3.63, 3.8) is 0 Å². The van der Waals surface area contributed by atoms with E-state index in [1.807, 2.05) is 6.07 Å². The zero-order chi connectivity index (χ0) is 14.8. The van der Waals surface area contributed by atoms with Crippen LogP contribution in [-0.4, -0.2) is 13.4 Å². The van der Waals surface area contributed by atoms with Crippen LogP contribution in [0.3, 0.4) is 0 Å². The van der Waals surface area contributed by atoms with Crippen LogP contribution in [-0.2, 0) is 15.7 Å². The number of ether oxygens (including phenoxy) is 1. The Balaban J connectivity index is 2.12. The van der Waals surface area contributed by atoms with Crippen LogP contribution < -0.4 is 4.74 Å². The molecule has 0 radical (unpaired) electrons. The Morgan fingerprint density at radius 3 is 2.55 bits per heavy atom. The first-order valence-corrected chi connectivity index (χ1v) is 8.82. The third kappa shape index (κ3) is 4.09. The molecule has 0 N–H and O–H groups in total. The minimum Gasteiger partial charge on any atom is -0.486 e. The van der Waals surface area contributed by atoms with Crippen molar-refractivity contribution in [2.75, 3.05) is 0 Å². The molecule has 8 heteroatoms. The number of hydrogen-bond acceptors (Lipinski definition) is 4. The van der Waals surface area contributed by atoms with E-state index < -0.39 is 9.05 Å². The van der Waals surface area contributed by atoms with Crippen LogP contribution in [0.4, 0.5) is 0 Å². The van der Waals surface area contributed by atoms with Crippen molar-refractivity contribution in [1.82, 2.24) is 4.98 Å². The van der Waals surface area contributed by atoms with E-state index in [2.05, 4.69) is 20.9 Å². The van der Waals surface area contributed by atoms with Crippen molar-refractivity contribution in [2.24, 2.45) is 0 Å². The summed E-state index contributed by atoms with van der Waals surface area (Å²) in [6, 6.07) is 7.68. The molecule has 106 valence electrons. The average molecular weight is 397 g/mol. The van der Waals surface area contributed by atoms with Crippen molar-refractivity contribution in [3.8, 4) is 5.75 Å². The molecule has 0 aliphatic rings. The van der Waals surface area contributed by atoms with Gasteiger partial charge in [-0.1, -0.05) is 11.6 Å². The van der Waals surface area contributed by atoms with E-state index in [0.29, 0.717) is 5.75 Å². The van der Waals surface area contributed by atoms with Gasteiger partial charge in [-0.25, -0.2) is 8.42 Å². The van der Waals surface area contributed by atoms with E-state index in [-0.39, 0.29) is 16.5 Å². The largest absolute Gasteiger partial charge is 0.486 e. The van der Waals surface area contributed by atoms with E-state index in [1.165, 1.54) is 18.2 Å². The highest BCUT2D eigenvalue weighted by molar-refractivity contribution is 9.10. The van der Waals surface area contributed by atoms with E-state index in [1.54, 1.807) is 12.3 Å². The number of nitrogens with zero attached hydrogens (tertiary/aromatic N) is 1. The molecule has 0 atom stereocenters. The summed E-state index contributed by atoms with van der Waals surface area (Å²) in [5.74, 6) is 0.362. The molecule has 1 aromatic carbocycles. The van der Waals surface area contributed by atoms with Crippen molar-refractivity contribution >= 4 is 47.3 Å². The molecule has 0 saturated carbocycles. The number of aromatic nitrogens is 1. The smallest absolute Gasteiger partial charge is 0.261 e. The highest BCUT2D eigenvalue weighted by atomic mass is 79.9. The maximum atomic E-state index is 11.2. The van der Waals surface area contributed by atoms with Gasteiger partial charge < -0.3 is 4.74 Å². The minimum atomic E-state index is -3.80. The molecule has 0 fully saturated rings. The molecule has 0 bridgehead atoms. The molecule has 1 aromatic heterocycles. The van der Waals surface area contributed by atoms with Crippen LogP contribution in [0.5, 0.6) is 5.75 Å².